The van der Waals surface area contributed by atoms with Gasteiger partial charge < -0.3 is 9.47 Å². The third-order valence-electron chi connectivity index (χ3n) is 2.82. The van der Waals surface area contributed by atoms with Gasteiger partial charge in [0.1, 0.15) is 0 Å². The number of carbonyl (C=O) groups is 1. The Balaban J connectivity index is 3.21. The Bertz CT molecular complexity index is 260. The largest absolute Gasteiger partial charge is 0.508 e. The molecular formula is C14H24BrF3O3. The van der Waals surface area contributed by atoms with Crippen LogP contribution in [0, 0.1) is 0 Å². The summed E-state index contributed by atoms with van der Waals surface area (Å²) in [6.45, 7) is 0.628. The lowest BCUT2D eigenvalue weighted by Crippen LogP contribution is -2.09. The zero-order valence-electron chi connectivity index (χ0n) is 12.2. The summed E-state index contributed by atoms with van der Waals surface area (Å²) < 4.78 is 45.3. The number of rotatable bonds is 12. The second-order valence-corrected chi connectivity index (χ2v) is 5.62. The van der Waals surface area contributed by atoms with Crippen molar-refractivity contribution in [2.75, 3.05) is 18.5 Å². The molecule has 0 bridgehead atoms. The van der Waals surface area contributed by atoms with Gasteiger partial charge in [-0.25, -0.2) is 4.79 Å². The maximum atomic E-state index is 11.9. The Kier molecular flexibility index (Phi) is 12.9. The lowest BCUT2D eigenvalue weighted by atomic mass is 10.1. The van der Waals surface area contributed by atoms with Gasteiger partial charge in [-0.3, -0.25) is 0 Å². The van der Waals surface area contributed by atoms with Crippen LogP contribution in [-0.2, 0) is 9.47 Å². The van der Waals surface area contributed by atoms with Crippen LogP contribution in [0.4, 0.5) is 18.0 Å². The van der Waals surface area contributed by atoms with Gasteiger partial charge in [-0.05, 0) is 32.1 Å². The van der Waals surface area contributed by atoms with Gasteiger partial charge >= 0.3 is 12.3 Å². The molecule has 3 nitrogen and oxygen atoms in total. The molecule has 0 rings (SSSR count). The number of carbonyl (C=O) groups excluding carboxylic acids is 1. The van der Waals surface area contributed by atoms with E-state index in [0.29, 0.717) is 19.4 Å². The summed E-state index contributed by atoms with van der Waals surface area (Å²) in [7, 11) is 0. The van der Waals surface area contributed by atoms with Crippen LogP contribution in [0.2, 0.25) is 0 Å². The summed E-state index contributed by atoms with van der Waals surface area (Å²) in [6.07, 6.45) is 0.293. The van der Waals surface area contributed by atoms with Crippen LogP contribution < -0.4 is 0 Å². The van der Waals surface area contributed by atoms with E-state index in [4.69, 9.17) is 9.47 Å². The minimum atomic E-state index is -4.05. The standard InChI is InChI=1S/C14H24BrF3O3/c15-10-6-4-8-12-21-13(19)20-11-7-3-1-2-5-9-14(16,17)18/h1-12H2. The normalized spacial score (nSPS) is 11.4. The fourth-order valence-corrected chi connectivity index (χ4v) is 2.08. The SMILES string of the molecule is O=C(OCCCCCBr)OCCCCCCCC(F)(F)F. The minimum absolute atomic E-state index is 0.167. The summed E-state index contributed by atoms with van der Waals surface area (Å²) >= 11 is 3.32. The first-order valence-corrected chi connectivity index (χ1v) is 8.50. The Morgan fingerprint density at radius 3 is 1.81 bits per heavy atom. The van der Waals surface area contributed by atoms with Crippen molar-refractivity contribution in [2.24, 2.45) is 0 Å². The van der Waals surface area contributed by atoms with Crippen molar-refractivity contribution >= 4 is 22.1 Å². The first kappa shape index (κ1) is 20.5. The molecule has 0 N–H and O–H groups in total. The van der Waals surface area contributed by atoms with E-state index in [9.17, 15) is 18.0 Å². The van der Waals surface area contributed by atoms with Crippen molar-refractivity contribution in [2.45, 2.75) is 64.0 Å². The molecule has 0 amide bonds. The van der Waals surface area contributed by atoms with Crippen LogP contribution in [0.15, 0.2) is 0 Å². The zero-order valence-corrected chi connectivity index (χ0v) is 13.8. The monoisotopic (exact) mass is 376 g/mol. The van der Waals surface area contributed by atoms with E-state index in [2.05, 4.69) is 15.9 Å². The van der Waals surface area contributed by atoms with Crippen molar-refractivity contribution < 1.29 is 27.4 Å². The molecule has 0 unspecified atom stereocenters. The van der Waals surface area contributed by atoms with E-state index in [-0.39, 0.29) is 13.0 Å². The van der Waals surface area contributed by atoms with Gasteiger partial charge in [0, 0.05) is 11.8 Å². The van der Waals surface area contributed by atoms with Crippen molar-refractivity contribution in [3.63, 3.8) is 0 Å². The van der Waals surface area contributed by atoms with Gasteiger partial charge in [-0.1, -0.05) is 35.2 Å². The third kappa shape index (κ3) is 17.5. The fourth-order valence-electron chi connectivity index (χ4n) is 1.68. The molecule has 0 radical (unpaired) electrons. The fraction of sp³-hybridized carbons (Fsp3) is 0.929. The first-order chi connectivity index (χ1) is 9.95. The van der Waals surface area contributed by atoms with Crippen LogP contribution in [0.1, 0.15) is 57.8 Å². The molecule has 21 heavy (non-hydrogen) atoms. The van der Waals surface area contributed by atoms with E-state index in [1.807, 2.05) is 0 Å². The Morgan fingerprint density at radius 2 is 1.29 bits per heavy atom. The van der Waals surface area contributed by atoms with Gasteiger partial charge in [0.2, 0.25) is 0 Å². The van der Waals surface area contributed by atoms with E-state index >= 15 is 0 Å². The predicted octanol–water partition coefficient (Wildman–Crippen LogP) is 5.61. The topological polar surface area (TPSA) is 35.5 Å². The highest BCUT2D eigenvalue weighted by molar-refractivity contribution is 9.09. The van der Waals surface area contributed by atoms with E-state index in [1.54, 1.807) is 0 Å². The molecule has 0 aromatic carbocycles. The second kappa shape index (κ2) is 13.2. The third-order valence-corrected chi connectivity index (χ3v) is 3.38. The summed E-state index contributed by atoms with van der Waals surface area (Å²) in [5.41, 5.74) is 0. The van der Waals surface area contributed by atoms with E-state index < -0.39 is 18.8 Å². The van der Waals surface area contributed by atoms with Crippen LogP contribution in [0.25, 0.3) is 0 Å². The number of alkyl halides is 4. The van der Waals surface area contributed by atoms with Crippen molar-refractivity contribution in [3.05, 3.63) is 0 Å². The van der Waals surface area contributed by atoms with Gasteiger partial charge in [0.05, 0.1) is 13.2 Å². The molecule has 0 heterocycles. The smallest absolute Gasteiger partial charge is 0.434 e. The Labute approximate surface area is 132 Å². The van der Waals surface area contributed by atoms with E-state index in [0.717, 1.165) is 37.4 Å². The average Bonchev–Trinajstić information content (AvgIpc) is 2.40. The molecule has 0 spiro atoms. The molecule has 0 fully saturated rings. The summed E-state index contributed by atoms with van der Waals surface area (Å²) in [6, 6.07) is 0. The molecule has 0 aliphatic carbocycles. The van der Waals surface area contributed by atoms with Crippen molar-refractivity contribution in [1.29, 1.82) is 0 Å². The number of ether oxygens (including phenoxy) is 2. The first-order valence-electron chi connectivity index (χ1n) is 7.38. The maximum Gasteiger partial charge on any atom is 0.508 e. The van der Waals surface area contributed by atoms with Gasteiger partial charge in [-0.2, -0.15) is 13.2 Å². The molecular weight excluding hydrogens is 353 g/mol. The highest BCUT2D eigenvalue weighted by Gasteiger charge is 2.25. The molecule has 0 aromatic rings. The van der Waals surface area contributed by atoms with Crippen LogP contribution in [-0.4, -0.2) is 30.9 Å². The summed E-state index contributed by atoms with van der Waals surface area (Å²) in [5.74, 6) is 0. The number of unbranched alkanes of at least 4 members (excludes halogenated alkanes) is 6. The summed E-state index contributed by atoms with van der Waals surface area (Å²) in [4.78, 5) is 11.1. The van der Waals surface area contributed by atoms with Gasteiger partial charge in [0.15, 0.2) is 0 Å². The number of hydrogen-bond acceptors (Lipinski definition) is 3. The lowest BCUT2D eigenvalue weighted by molar-refractivity contribution is -0.135. The highest BCUT2D eigenvalue weighted by atomic mass is 79.9. The lowest BCUT2D eigenvalue weighted by Gasteiger charge is -2.07. The number of hydrogen-bond donors (Lipinski definition) is 0. The van der Waals surface area contributed by atoms with Crippen LogP contribution in [0.5, 0.6) is 0 Å². The molecule has 126 valence electrons. The predicted molar refractivity (Wildman–Crippen MR) is 78.7 cm³/mol. The van der Waals surface area contributed by atoms with Crippen LogP contribution >= 0.6 is 15.9 Å². The molecule has 0 saturated carbocycles. The van der Waals surface area contributed by atoms with E-state index in [1.165, 1.54) is 0 Å². The molecule has 0 aliphatic heterocycles. The van der Waals surface area contributed by atoms with Crippen molar-refractivity contribution in [3.8, 4) is 0 Å². The van der Waals surface area contributed by atoms with Gasteiger partial charge in [-0.15, -0.1) is 0 Å². The Morgan fingerprint density at radius 1 is 0.810 bits per heavy atom. The molecule has 0 aliphatic rings. The van der Waals surface area contributed by atoms with Crippen molar-refractivity contribution in [1.82, 2.24) is 0 Å². The maximum absolute atomic E-state index is 11.9. The highest BCUT2D eigenvalue weighted by Crippen LogP contribution is 2.22. The molecule has 0 saturated heterocycles. The number of halogens is 4. The summed E-state index contributed by atoms with van der Waals surface area (Å²) in [5, 5.41) is 0.945. The van der Waals surface area contributed by atoms with Crippen LogP contribution in [0.3, 0.4) is 0 Å². The molecule has 7 heteroatoms. The van der Waals surface area contributed by atoms with Gasteiger partial charge in [0.25, 0.3) is 0 Å². The zero-order chi connectivity index (χ0) is 16.0. The molecule has 0 atom stereocenters. The Hall–Kier alpha value is -0.460. The molecule has 0 aromatic heterocycles. The second-order valence-electron chi connectivity index (χ2n) is 4.83. The minimum Gasteiger partial charge on any atom is -0.434 e. The quantitative estimate of drug-likeness (QED) is 0.252. The average molecular weight is 377 g/mol.